The third-order valence-corrected chi connectivity index (χ3v) is 3.41. The molecule has 5 nitrogen and oxygen atoms in total. The first-order valence-corrected chi connectivity index (χ1v) is 6.15. The number of benzene rings is 1. The minimum atomic E-state index is -0.409. The molecule has 0 aromatic heterocycles. The molecule has 1 aromatic rings. The van der Waals surface area contributed by atoms with Crippen molar-refractivity contribution in [2.75, 3.05) is 7.11 Å². The van der Waals surface area contributed by atoms with E-state index in [2.05, 4.69) is 12.2 Å². The molecule has 0 bridgehead atoms. The maximum atomic E-state index is 10.9. The monoisotopic (exact) mass is 250 g/mol. The second-order valence-corrected chi connectivity index (χ2v) is 4.92. The van der Waals surface area contributed by atoms with Crippen LogP contribution >= 0.6 is 0 Å². The van der Waals surface area contributed by atoms with E-state index in [9.17, 15) is 10.1 Å². The number of methoxy groups -OCH3 is 1. The summed E-state index contributed by atoms with van der Waals surface area (Å²) < 4.78 is 4.97. The number of nitro benzene ring substituents is 1. The van der Waals surface area contributed by atoms with Gasteiger partial charge in [-0.15, -0.1) is 0 Å². The molecule has 2 rings (SSSR count). The van der Waals surface area contributed by atoms with Crippen molar-refractivity contribution in [3.63, 3.8) is 0 Å². The molecule has 0 spiro atoms. The van der Waals surface area contributed by atoms with Crippen LogP contribution in [0, 0.1) is 16.0 Å². The maximum Gasteiger partial charge on any atom is 0.311 e. The molecular formula is C13H18N2O3. The molecule has 1 N–H and O–H groups in total. The second-order valence-electron chi connectivity index (χ2n) is 4.92. The van der Waals surface area contributed by atoms with Gasteiger partial charge in [0.1, 0.15) is 0 Å². The highest BCUT2D eigenvalue weighted by Gasteiger charge is 2.24. The summed E-state index contributed by atoms with van der Waals surface area (Å²) >= 11 is 0. The Balaban J connectivity index is 2.00. The molecule has 0 unspecified atom stereocenters. The third kappa shape index (κ3) is 2.79. The van der Waals surface area contributed by atoms with Crippen LogP contribution in [-0.2, 0) is 6.54 Å². The molecule has 1 aliphatic rings. The molecule has 0 radical (unpaired) electrons. The summed E-state index contributed by atoms with van der Waals surface area (Å²) in [5.41, 5.74) is 0.945. The molecule has 0 aliphatic heterocycles. The predicted octanol–water partition coefficient (Wildman–Crippen LogP) is 2.49. The molecule has 18 heavy (non-hydrogen) atoms. The minimum Gasteiger partial charge on any atom is -0.490 e. The van der Waals surface area contributed by atoms with Crippen LogP contribution in [0.4, 0.5) is 5.69 Å². The average molecular weight is 250 g/mol. The van der Waals surface area contributed by atoms with Crippen LogP contribution in [0.3, 0.4) is 0 Å². The Morgan fingerprint density at radius 2 is 2.22 bits per heavy atom. The predicted molar refractivity (Wildman–Crippen MR) is 68.7 cm³/mol. The van der Waals surface area contributed by atoms with E-state index in [1.165, 1.54) is 20.0 Å². The molecule has 0 heterocycles. The van der Waals surface area contributed by atoms with Gasteiger partial charge in [0.15, 0.2) is 5.75 Å². The normalized spacial score (nSPS) is 22.3. The topological polar surface area (TPSA) is 64.4 Å². The molecule has 0 saturated heterocycles. The molecule has 98 valence electrons. The standard InChI is InChI=1S/C13H18N2O3/c1-9-5-11(6-9)14-8-10-3-4-13(18-2)12(7-10)15(16)17/h3-4,7,9,11,14H,5-6,8H2,1-2H3. The van der Waals surface area contributed by atoms with Gasteiger partial charge in [0, 0.05) is 18.7 Å². The quantitative estimate of drug-likeness (QED) is 0.644. The van der Waals surface area contributed by atoms with Crippen molar-refractivity contribution in [3.05, 3.63) is 33.9 Å². The second kappa shape index (κ2) is 5.35. The first kappa shape index (κ1) is 12.8. The van der Waals surface area contributed by atoms with Gasteiger partial charge in [-0.05, 0) is 30.4 Å². The van der Waals surface area contributed by atoms with Gasteiger partial charge < -0.3 is 10.1 Å². The van der Waals surface area contributed by atoms with E-state index in [0.717, 1.165) is 11.5 Å². The Kier molecular flexibility index (Phi) is 3.81. The van der Waals surface area contributed by atoms with Gasteiger partial charge in [-0.1, -0.05) is 13.0 Å². The van der Waals surface area contributed by atoms with E-state index in [0.29, 0.717) is 18.3 Å². The first-order valence-electron chi connectivity index (χ1n) is 6.15. The zero-order chi connectivity index (χ0) is 13.1. The minimum absolute atomic E-state index is 0.0266. The lowest BCUT2D eigenvalue weighted by molar-refractivity contribution is -0.385. The van der Waals surface area contributed by atoms with E-state index >= 15 is 0 Å². The fourth-order valence-electron chi connectivity index (χ4n) is 2.32. The molecule has 1 aromatic carbocycles. The molecule has 1 saturated carbocycles. The number of nitrogens with one attached hydrogen (secondary N) is 1. The molecule has 0 amide bonds. The van der Waals surface area contributed by atoms with Crippen molar-refractivity contribution >= 4 is 5.69 Å². The Morgan fingerprint density at radius 3 is 2.78 bits per heavy atom. The average Bonchev–Trinajstić information content (AvgIpc) is 2.32. The van der Waals surface area contributed by atoms with E-state index < -0.39 is 4.92 Å². The molecule has 1 aliphatic carbocycles. The van der Waals surface area contributed by atoms with Gasteiger partial charge in [0.25, 0.3) is 0 Å². The summed E-state index contributed by atoms with van der Waals surface area (Å²) in [6, 6.07) is 5.65. The third-order valence-electron chi connectivity index (χ3n) is 3.41. The van der Waals surface area contributed by atoms with Gasteiger partial charge in [0.05, 0.1) is 12.0 Å². The number of nitrogens with zero attached hydrogens (tertiary/aromatic N) is 1. The van der Waals surface area contributed by atoms with Crippen LogP contribution in [0.5, 0.6) is 5.75 Å². The van der Waals surface area contributed by atoms with Gasteiger partial charge in [0.2, 0.25) is 0 Å². The van der Waals surface area contributed by atoms with Crippen LogP contribution in [0.25, 0.3) is 0 Å². The number of hydrogen-bond acceptors (Lipinski definition) is 4. The highest BCUT2D eigenvalue weighted by Crippen LogP contribution is 2.29. The van der Waals surface area contributed by atoms with Crippen molar-refractivity contribution < 1.29 is 9.66 Å². The van der Waals surface area contributed by atoms with Crippen LogP contribution in [-0.4, -0.2) is 18.1 Å². The smallest absolute Gasteiger partial charge is 0.311 e. The zero-order valence-corrected chi connectivity index (χ0v) is 10.7. The lowest BCUT2D eigenvalue weighted by Crippen LogP contribution is -2.39. The highest BCUT2D eigenvalue weighted by molar-refractivity contribution is 5.48. The Bertz CT molecular complexity index is 442. The van der Waals surface area contributed by atoms with Crippen LogP contribution in [0.2, 0.25) is 0 Å². The van der Waals surface area contributed by atoms with E-state index in [1.807, 2.05) is 6.07 Å². The summed E-state index contributed by atoms with van der Waals surface area (Å²) in [5.74, 6) is 1.11. The number of hydrogen-bond donors (Lipinski definition) is 1. The highest BCUT2D eigenvalue weighted by atomic mass is 16.6. The largest absolute Gasteiger partial charge is 0.490 e. The Labute approximate surface area is 106 Å². The van der Waals surface area contributed by atoms with Crippen molar-refractivity contribution in [2.24, 2.45) is 5.92 Å². The lowest BCUT2D eigenvalue weighted by atomic mass is 9.82. The first-order chi connectivity index (χ1) is 8.60. The number of rotatable bonds is 5. The van der Waals surface area contributed by atoms with Gasteiger partial charge in [-0.25, -0.2) is 0 Å². The SMILES string of the molecule is COc1ccc(CNC2CC(C)C2)cc1[N+](=O)[O-]. The molecule has 5 heteroatoms. The van der Waals surface area contributed by atoms with Crippen LogP contribution in [0.15, 0.2) is 18.2 Å². The summed E-state index contributed by atoms with van der Waals surface area (Å²) in [7, 11) is 1.44. The van der Waals surface area contributed by atoms with E-state index in [4.69, 9.17) is 4.74 Å². The number of ether oxygens (including phenoxy) is 1. The van der Waals surface area contributed by atoms with Crippen LogP contribution in [0.1, 0.15) is 25.3 Å². The maximum absolute atomic E-state index is 10.9. The Hall–Kier alpha value is -1.62. The van der Waals surface area contributed by atoms with Crippen molar-refractivity contribution in [1.29, 1.82) is 0 Å². The lowest BCUT2D eigenvalue weighted by Gasteiger charge is -2.33. The van der Waals surface area contributed by atoms with E-state index in [1.54, 1.807) is 12.1 Å². The fraction of sp³-hybridized carbons (Fsp3) is 0.538. The van der Waals surface area contributed by atoms with Crippen molar-refractivity contribution in [3.8, 4) is 5.75 Å². The summed E-state index contributed by atoms with van der Waals surface area (Å²) in [6.07, 6.45) is 2.39. The number of nitro groups is 1. The zero-order valence-electron chi connectivity index (χ0n) is 10.7. The summed E-state index contributed by atoms with van der Waals surface area (Å²) in [4.78, 5) is 10.5. The summed E-state index contributed by atoms with van der Waals surface area (Å²) in [6.45, 7) is 2.90. The Morgan fingerprint density at radius 1 is 1.50 bits per heavy atom. The van der Waals surface area contributed by atoms with Gasteiger partial charge in [-0.3, -0.25) is 10.1 Å². The van der Waals surface area contributed by atoms with Gasteiger partial charge >= 0.3 is 5.69 Å². The summed E-state index contributed by atoms with van der Waals surface area (Å²) in [5, 5.41) is 14.3. The van der Waals surface area contributed by atoms with Crippen molar-refractivity contribution in [2.45, 2.75) is 32.4 Å². The van der Waals surface area contributed by atoms with Gasteiger partial charge in [-0.2, -0.15) is 0 Å². The fourth-order valence-corrected chi connectivity index (χ4v) is 2.32. The van der Waals surface area contributed by atoms with Crippen LogP contribution < -0.4 is 10.1 Å². The molecule has 1 fully saturated rings. The molecular weight excluding hydrogens is 232 g/mol. The van der Waals surface area contributed by atoms with E-state index in [-0.39, 0.29) is 5.69 Å². The molecule has 0 atom stereocenters. The van der Waals surface area contributed by atoms with Crippen molar-refractivity contribution in [1.82, 2.24) is 5.32 Å².